The van der Waals surface area contributed by atoms with Crippen LogP contribution in [0.5, 0.6) is 0 Å². The molecule has 24 heavy (non-hydrogen) atoms. The zero-order valence-electron chi connectivity index (χ0n) is 14.4. The lowest BCUT2D eigenvalue weighted by atomic mass is 10.2. The number of nitrogens with one attached hydrogen (secondary N) is 1. The molecule has 0 saturated heterocycles. The molecule has 1 N–H and O–H groups in total. The van der Waals surface area contributed by atoms with E-state index in [9.17, 15) is 5.26 Å². The first kappa shape index (κ1) is 17.3. The molecule has 2 aromatic rings. The number of aromatic nitrogens is 2. The van der Waals surface area contributed by atoms with Crippen molar-refractivity contribution in [1.29, 1.82) is 5.26 Å². The number of pyridine rings is 1. The van der Waals surface area contributed by atoms with E-state index >= 15 is 0 Å². The van der Waals surface area contributed by atoms with Gasteiger partial charge in [0.05, 0.1) is 10.9 Å². The summed E-state index contributed by atoms with van der Waals surface area (Å²) in [6.07, 6.45) is 4.12. The Labute approximate surface area is 148 Å². The van der Waals surface area contributed by atoms with Crippen LogP contribution in [0.25, 0.3) is 11.0 Å². The monoisotopic (exact) mass is 362 g/mol. The molecule has 0 aliphatic heterocycles. The first-order valence-electron chi connectivity index (χ1n) is 8.31. The van der Waals surface area contributed by atoms with Gasteiger partial charge in [-0.25, -0.2) is 4.98 Å². The van der Waals surface area contributed by atoms with Crippen molar-refractivity contribution in [3.63, 3.8) is 0 Å². The second kappa shape index (κ2) is 6.75. The predicted octanol–water partition coefficient (Wildman–Crippen LogP) is 4.45. The summed E-state index contributed by atoms with van der Waals surface area (Å²) in [6.45, 7) is 8.09. The number of hydrogen-bond donors (Lipinski definition) is 1. The van der Waals surface area contributed by atoms with Gasteiger partial charge in [-0.05, 0) is 25.0 Å². The lowest BCUT2D eigenvalue weighted by molar-refractivity contribution is 0.0898. The van der Waals surface area contributed by atoms with Gasteiger partial charge in [0.1, 0.15) is 23.6 Å². The predicted molar refractivity (Wildman–Crippen MR) is 100 cm³/mol. The highest BCUT2D eigenvalue weighted by atomic mass is 35.5. The van der Waals surface area contributed by atoms with Crippen LogP contribution in [-0.2, 0) is 11.5 Å². The lowest BCUT2D eigenvalue weighted by Gasteiger charge is -2.15. The fourth-order valence-electron chi connectivity index (χ4n) is 2.54. The smallest absolute Gasteiger partial charge is 0.147 e. The van der Waals surface area contributed by atoms with Crippen LogP contribution in [0.15, 0.2) is 12.3 Å². The summed E-state index contributed by atoms with van der Waals surface area (Å²) < 4.78 is 7.70. The Bertz CT molecular complexity index is 786. The van der Waals surface area contributed by atoms with Crippen LogP contribution in [0.4, 0.5) is 5.69 Å². The average Bonchev–Trinajstić information content (AvgIpc) is 3.23. The third kappa shape index (κ3) is 4.10. The van der Waals surface area contributed by atoms with Crippen molar-refractivity contribution in [3.8, 4) is 6.07 Å². The van der Waals surface area contributed by atoms with E-state index in [4.69, 9.17) is 16.3 Å². The molecule has 0 amide bonds. The summed E-state index contributed by atoms with van der Waals surface area (Å²) in [6, 6.07) is 5.66. The summed E-state index contributed by atoms with van der Waals surface area (Å²) in [4.78, 5) is 4.43. The Balaban J connectivity index is 1.85. The number of ether oxygens (including phenoxy) is 1. The Kier molecular flexibility index (Phi) is 4.86. The molecule has 1 saturated carbocycles. The lowest BCUT2D eigenvalue weighted by Crippen LogP contribution is -2.22. The van der Waals surface area contributed by atoms with Crippen LogP contribution >= 0.6 is 11.6 Å². The topological polar surface area (TPSA) is 62.9 Å². The molecule has 0 aromatic carbocycles. The van der Waals surface area contributed by atoms with E-state index in [2.05, 4.69) is 36.0 Å². The minimum absolute atomic E-state index is 0.388. The van der Waals surface area contributed by atoms with E-state index in [1.54, 1.807) is 12.3 Å². The quantitative estimate of drug-likeness (QED) is 0.449. The highest BCUT2D eigenvalue weighted by molar-refractivity contribution is 6.76. The van der Waals surface area contributed by atoms with E-state index < -0.39 is 8.07 Å². The van der Waals surface area contributed by atoms with Gasteiger partial charge in [-0.15, -0.1) is 0 Å². The first-order chi connectivity index (χ1) is 11.4. The molecule has 0 radical (unpaired) electrons. The summed E-state index contributed by atoms with van der Waals surface area (Å²) in [5.41, 5.74) is 2.20. The third-order valence-corrected chi connectivity index (χ3v) is 5.98. The summed E-state index contributed by atoms with van der Waals surface area (Å²) >= 11 is 6.19. The van der Waals surface area contributed by atoms with E-state index in [-0.39, 0.29) is 0 Å². The maximum Gasteiger partial charge on any atom is 0.147 e. The van der Waals surface area contributed by atoms with Gasteiger partial charge in [0.15, 0.2) is 0 Å². The molecular weight excluding hydrogens is 340 g/mol. The second-order valence-electron chi connectivity index (χ2n) is 7.58. The minimum Gasteiger partial charge on any atom is -0.382 e. The van der Waals surface area contributed by atoms with E-state index in [0.717, 1.165) is 36.6 Å². The van der Waals surface area contributed by atoms with Crippen molar-refractivity contribution in [2.75, 3.05) is 11.9 Å². The maximum atomic E-state index is 9.48. The molecule has 3 rings (SSSR count). The number of nitrogens with zero attached hydrogens (tertiary/aromatic N) is 3. The zero-order valence-corrected chi connectivity index (χ0v) is 16.2. The molecule has 2 heterocycles. The molecule has 0 atom stereocenters. The first-order valence-corrected chi connectivity index (χ1v) is 12.4. The summed E-state index contributed by atoms with van der Waals surface area (Å²) in [5, 5.41) is 14.2. The van der Waals surface area contributed by atoms with Gasteiger partial charge in [0.2, 0.25) is 0 Å². The Hall–Kier alpha value is -1.55. The van der Waals surface area contributed by atoms with Crippen LogP contribution in [0, 0.1) is 11.3 Å². The standard InChI is InChI=1S/C17H23ClN4OSi/c1-24(2,3)7-6-23-11-22-10-12(9-19)16-14(20-13-4-5-13)8-15(18)21-17(16)22/h8,10,13H,4-7,11H2,1-3H3,(H,20,21). The fourth-order valence-corrected chi connectivity index (χ4v) is 3.49. The average molecular weight is 363 g/mol. The van der Waals surface area contributed by atoms with Crippen molar-refractivity contribution < 1.29 is 4.74 Å². The van der Waals surface area contributed by atoms with E-state index in [1.807, 2.05) is 4.57 Å². The van der Waals surface area contributed by atoms with Crippen molar-refractivity contribution in [3.05, 3.63) is 23.0 Å². The highest BCUT2D eigenvalue weighted by Crippen LogP contribution is 2.33. The van der Waals surface area contributed by atoms with Crippen LogP contribution in [0.3, 0.4) is 0 Å². The molecule has 0 bridgehead atoms. The van der Waals surface area contributed by atoms with Gasteiger partial charge >= 0.3 is 0 Å². The number of hydrogen-bond acceptors (Lipinski definition) is 4. The molecule has 0 spiro atoms. The Morgan fingerprint density at radius 1 is 1.46 bits per heavy atom. The van der Waals surface area contributed by atoms with Crippen LogP contribution in [0.1, 0.15) is 18.4 Å². The SMILES string of the molecule is C[Si](C)(C)CCOCn1cc(C#N)c2c(NC3CC3)cc(Cl)nc21. The Morgan fingerprint density at radius 2 is 2.21 bits per heavy atom. The van der Waals surface area contributed by atoms with Gasteiger partial charge in [-0.2, -0.15) is 5.26 Å². The fraction of sp³-hybridized carbons (Fsp3) is 0.529. The van der Waals surface area contributed by atoms with Crippen LogP contribution < -0.4 is 5.32 Å². The van der Waals surface area contributed by atoms with Crippen molar-refractivity contribution in [1.82, 2.24) is 9.55 Å². The number of fused-ring (bicyclic) bond motifs is 1. The van der Waals surface area contributed by atoms with Crippen LogP contribution in [0.2, 0.25) is 30.8 Å². The largest absolute Gasteiger partial charge is 0.382 e. The minimum atomic E-state index is -1.11. The van der Waals surface area contributed by atoms with Gasteiger partial charge in [-0.3, -0.25) is 0 Å². The molecular formula is C17H23ClN4OSi. The molecule has 2 aromatic heterocycles. The highest BCUT2D eigenvalue weighted by Gasteiger charge is 2.24. The molecule has 5 nitrogen and oxygen atoms in total. The third-order valence-electron chi connectivity index (χ3n) is 4.08. The second-order valence-corrected chi connectivity index (χ2v) is 13.6. The number of anilines is 1. The van der Waals surface area contributed by atoms with Crippen molar-refractivity contribution in [2.45, 2.75) is 51.3 Å². The van der Waals surface area contributed by atoms with Crippen molar-refractivity contribution in [2.24, 2.45) is 0 Å². The number of halogens is 1. The molecule has 128 valence electrons. The summed E-state index contributed by atoms with van der Waals surface area (Å²) in [7, 11) is -1.11. The maximum absolute atomic E-state index is 9.48. The summed E-state index contributed by atoms with van der Waals surface area (Å²) in [5.74, 6) is 0. The van der Waals surface area contributed by atoms with Gasteiger partial charge in [-0.1, -0.05) is 31.2 Å². The van der Waals surface area contributed by atoms with E-state index in [1.165, 1.54) is 0 Å². The zero-order chi connectivity index (χ0) is 17.3. The van der Waals surface area contributed by atoms with E-state index in [0.29, 0.717) is 29.1 Å². The number of rotatable bonds is 7. The molecule has 1 fully saturated rings. The molecule has 0 unspecified atom stereocenters. The van der Waals surface area contributed by atoms with Gasteiger partial charge in [0.25, 0.3) is 0 Å². The molecule has 1 aliphatic rings. The molecule has 1 aliphatic carbocycles. The van der Waals surface area contributed by atoms with Crippen LogP contribution in [-0.4, -0.2) is 30.3 Å². The normalized spacial score (nSPS) is 14.8. The molecule has 7 heteroatoms. The van der Waals surface area contributed by atoms with Crippen molar-refractivity contribution >= 4 is 36.4 Å². The number of nitriles is 1. The van der Waals surface area contributed by atoms with Gasteiger partial charge in [0, 0.05) is 32.6 Å². The van der Waals surface area contributed by atoms with Gasteiger partial charge < -0.3 is 14.6 Å². The Morgan fingerprint density at radius 3 is 2.83 bits per heavy atom.